The number of carboxylic acids is 1. The molecule has 0 fully saturated rings. The van der Waals surface area contributed by atoms with Crippen molar-refractivity contribution in [3.8, 4) is 11.1 Å². The molecule has 1 heterocycles. The van der Waals surface area contributed by atoms with Crippen molar-refractivity contribution in [1.29, 1.82) is 0 Å². The summed E-state index contributed by atoms with van der Waals surface area (Å²) in [6.07, 6.45) is 2.79. The molecular formula is C30H37N7O4. The zero-order valence-electron chi connectivity index (χ0n) is 22.8. The van der Waals surface area contributed by atoms with Crippen LogP contribution in [0.15, 0.2) is 84.0 Å². The number of carboxylic acid groups (broad SMARTS) is 1. The molecule has 2 amide bonds. The van der Waals surface area contributed by atoms with Gasteiger partial charge >= 0.3 is 5.97 Å². The fourth-order valence-electron chi connectivity index (χ4n) is 4.21. The SMILES string of the molecule is NC(N)=NCCC[C@@H](NC(=O)CCCNc1ccccn1)C(=O)NC(CC(=O)O)c1ccc(-c2ccccc2)cc1. The van der Waals surface area contributed by atoms with Crippen molar-refractivity contribution in [1.82, 2.24) is 15.6 Å². The number of anilines is 1. The number of hydrogen-bond donors (Lipinski definition) is 6. The molecule has 11 nitrogen and oxygen atoms in total. The van der Waals surface area contributed by atoms with E-state index < -0.39 is 24.0 Å². The van der Waals surface area contributed by atoms with Gasteiger partial charge < -0.3 is 32.5 Å². The number of rotatable bonds is 16. The monoisotopic (exact) mass is 559 g/mol. The molecule has 3 aromatic rings. The second kappa shape index (κ2) is 16.2. The zero-order valence-corrected chi connectivity index (χ0v) is 22.8. The number of carbonyl (C=O) groups is 3. The van der Waals surface area contributed by atoms with E-state index in [1.54, 1.807) is 18.3 Å². The third kappa shape index (κ3) is 11.0. The van der Waals surface area contributed by atoms with Crippen LogP contribution in [0.2, 0.25) is 0 Å². The van der Waals surface area contributed by atoms with Gasteiger partial charge in [-0.25, -0.2) is 4.98 Å². The summed E-state index contributed by atoms with van der Waals surface area (Å²) in [5, 5.41) is 18.3. The van der Waals surface area contributed by atoms with Gasteiger partial charge in [0.05, 0.1) is 12.5 Å². The first-order valence-corrected chi connectivity index (χ1v) is 13.5. The van der Waals surface area contributed by atoms with Crippen molar-refractivity contribution in [2.24, 2.45) is 16.5 Å². The van der Waals surface area contributed by atoms with Gasteiger partial charge in [0.1, 0.15) is 11.9 Å². The van der Waals surface area contributed by atoms with Gasteiger partial charge in [0, 0.05) is 25.7 Å². The van der Waals surface area contributed by atoms with Crippen LogP contribution in [0.4, 0.5) is 5.82 Å². The van der Waals surface area contributed by atoms with Crippen molar-refractivity contribution in [3.05, 3.63) is 84.6 Å². The fourth-order valence-corrected chi connectivity index (χ4v) is 4.21. The van der Waals surface area contributed by atoms with Crippen LogP contribution in [0.5, 0.6) is 0 Å². The van der Waals surface area contributed by atoms with Crippen molar-refractivity contribution in [2.75, 3.05) is 18.4 Å². The Balaban J connectivity index is 1.64. The number of hydrogen-bond acceptors (Lipinski definition) is 6. The lowest BCUT2D eigenvalue weighted by Crippen LogP contribution is -2.48. The third-order valence-corrected chi connectivity index (χ3v) is 6.26. The highest BCUT2D eigenvalue weighted by Gasteiger charge is 2.25. The minimum Gasteiger partial charge on any atom is -0.481 e. The van der Waals surface area contributed by atoms with E-state index in [0.29, 0.717) is 30.8 Å². The van der Waals surface area contributed by atoms with Crippen molar-refractivity contribution in [2.45, 2.75) is 44.2 Å². The van der Waals surface area contributed by atoms with Gasteiger partial charge in [-0.2, -0.15) is 0 Å². The van der Waals surface area contributed by atoms with Crippen LogP contribution in [-0.4, -0.2) is 53.0 Å². The van der Waals surface area contributed by atoms with Crippen LogP contribution >= 0.6 is 0 Å². The highest BCUT2D eigenvalue weighted by molar-refractivity contribution is 5.88. The minimum absolute atomic E-state index is 0.0593. The van der Waals surface area contributed by atoms with Gasteiger partial charge in [-0.3, -0.25) is 19.4 Å². The number of guanidine groups is 1. The van der Waals surface area contributed by atoms with Gasteiger partial charge in [-0.15, -0.1) is 0 Å². The number of aliphatic carboxylic acids is 1. The molecule has 0 aliphatic rings. The second-order valence-electron chi connectivity index (χ2n) is 9.46. The van der Waals surface area contributed by atoms with Crippen LogP contribution < -0.4 is 27.4 Å². The average molecular weight is 560 g/mol. The summed E-state index contributed by atoms with van der Waals surface area (Å²) in [6, 6.07) is 21.0. The Labute approximate surface area is 239 Å². The number of pyridine rings is 1. The summed E-state index contributed by atoms with van der Waals surface area (Å²) in [5.41, 5.74) is 13.4. The Kier molecular flexibility index (Phi) is 12.1. The number of nitrogens with two attached hydrogens (primary N) is 2. The van der Waals surface area contributed by atoms with Gasteiger partial charge in [0.25, 0.3) is 0 Å². The van der Waals surface area contributed by atoms with Crippen LogP contribution in [0.1, 0.15) is 43.7 Å². The van der Waals surface area contributed by atoms with Crippen LogP contribution in [0.25, 0.3) is 11.1 Å². The second-order valence-corrected chi connectivity index (χ2v) is 9.46. The summed E-state index contributed by atoms with van der Waals surface area (Å²) in [4.78, 5) is 45.8. The molecule has 11 heteroatoms. The molecule has 8 N–H and O–H groups in total. The Morgan fingerprint density at radius 3 is 2.24 bits per heavy atom. The molecule has 41 heavy (non-hydrogen) atoms. The largest absolute Gasteiger partial charge is 0.481 e. The third-order valence-electron chi connectivity index (χ3n) is 6.26. The first-order chi connectivity index (χ1) is 19.8. The predicted molar refractivity (Wildman–Crippen MR) is 159 cm³/mol. The van der Waals surface area contributed by atoms with Crippen molar-refractivity contribution < 1.29 is 19.5 Å². The van der Waals surface area contributed by atoms with Gasteiger partial charge in [-0.05, 0) is 48.1 Å². The van der Waals surface area contributed by atoms with Crippen molar-refractivity contribution >= 4 is 29.6 Å². The maximum Gasteiger partial charge on any atom is 0.305 e. The molecule has 0 spiro atoms. The number of aromatic nitrogens is 1. The maximum absolute atomic E-state index is 13.4. The lowest BCUT2D eigenvalue weighted by Gasteiger charge is -2.23. The topological polar surface area (TPSA) is 185 Å². The summed E-state index contributed by atoms with van der Waals surface area (Å²) in [7, 11) is 0. The van der Waals surface area contributed by atoms with E-state index in [1.165, 1.54) is 0 Å². The lowest BCUT2D eigenvalue weighted by molar-refractivity contribution is -0.138. The van der Waals surface area contributed by atoms with Gasteiger partial charge in [0.2, 0.25) is 11.8 Å². The molecular weight excluding hydrogens is 522 g/mol. The van der Waals surface area contributed by atoms with Crippen LogP contribution in [0.3, 0.4) is 0 Å². The molecule has 0 radical (unpaired) electrons. The van der Waals surface area contributed by atoms with Crippen LogP contribution in [0, 0.1) is 0 Å². The average Bonchev–Trinajstić information content (AvgIpc) is 2.97. The minimum atomic E-state index is -1.06. The number of nitrogens with zero attached hydrogens (tertiary/aromatic N) is 2. The Morgan fingerprint density at radius 1 is 0.878 bits per heavy atom. The first kappa shape index (κ1) is 30.6. The highest BCUT2D eigenvalue weighted by atomic mass is 16.4. The molecule has 1 aromatic heterocycles. The van der Waals surface area contributed by atoms with Crippen LogP contribution in [-0.2, 0) is 14.4 Å². The molecule has 3 rings (SSSR count). The van der Waals surface area contributed by atoms with E-state index in [0.717, 1.165) is 11.1 Å². The summed E-state index contributed by atoms with van der Waals surface area (Å²) >= 11 is 0. The molecule has 0 bridgehead atoms. The van der Waals surface area contributed by atoms with E-state index in [9.17, 15) is 19.5 Å². The Hall–Kier alpha value is -4.93. The zero-order chi connectivity index (χ0) is 29.5. The summed E-state index contributed by atoms with van der Waals surface area (Å²) in [6.45, 7) is 0.820. The number of nitrogens with one attached hydrogen (secondary N) is 3. The lowest BCUT2D eigenvalue weighted by atomic mass is 9.98. The molecule has 2 aromatic carbocycles. The normalized spacial score (nSPS) is 12.0. The summed E-state index contributed by atoms with van der Waals surface area (Å²) < 4.78 is 0. The molecule has 216 valence electrons. The number of amides is 2. The standard InChI is InChI=1S/C30H37N7O4/c31-30(32)35-19-6-10-24(36-27(38)12-7-18-34-26-11-4-5-17-33-26)29(41)37-25(20-28(39)40)23-15-13-22(14-16-23)21-8-2-1-3-9-21/h1-5,8-9,11,13-17,24-25H,6-7,10,12,18-20H2,(H,33,34)(H,36,38)(H,37,41)(H,39,40)(H4,31,32,35)/t24-,25?/m1/s1. The van der Waals surface area contributed by atoms with E-state index in [2.05, 4.69) is 25.9 Å². The van der Waals surface area contributed by atoms with E-state index >= 15 is 0 Å². The molecule has 1 unspecified atom stereocenters. The predicted octanol–water partition coefficient (Wildman–Crippen LogP) is 2.81. The molecule has 2 atom stereocenters. The Morgan fingerprint density at radius 2 is 1.59 bits per heavy atom. The fraction of sp³-hybridized carbons (Fsp3) is 0.300. The van der Waals surface area contributed by atoms with Gasteiger partial charge in [-0.1, -0.05) is 60.7 Å². The molecule has 0 saturated carbocycles. The smallest absolute Gasteiger partial charge is 0.305 e. The number of carbonyl (C=O) groups excluding carboxylic acids is 2. The van der Waals surface area contributed by atoms with Crippen molar-refractivity contribution in [3.63, 3.8) is 0 Å². The van der Waals surface area contributed by atoms with E-state index in [4.69, 9.17) is 11.5 Å². The Bertz CT molecular complexity index is 1280. The molecule has 0 saturated heterocycles. The van der Waals surface area contributed by atoms with E-state index in [1.807, 2.05) is 60.7 Å². The van der Waals surface area contributed by atoms with Gasteiger partial charge in [0.15, 0.2) is 5.96 Å². The quantitative estimate of drug-likeness (QED) is 0.0878. The highest BCUT2D eigenvalue weighted by Crippen LogP contribution is 2.24. The van der Waals surface area contributed by atoms with E-state index in [-0.39, 0.29) is 37.7 Å². The molecule has 0 aliphatic carbocycles. The number of aliphatic imine (C=N–C) groups is 1. The number of benzene rings is 2. The maximum atomic E-state index is 13.4. The first-order valence-electron chi connectivity index (χ1n) is 13.5. The summed E-state index contributed by atoms with van der Waals surface area (Å²) in [5.74, 6) is -1.18. The molecule has 0 aliphatic heterocycles.